The summed E-state index contributed by atoms with van der Waals surface area (Å²) in [7, 11) is 0. The summed E-state index contributed by atoms with van der Waals surface area (Å²) in [4.78, 5) is 37.1. The lowest BCUT2D eigenvalue weighted by atomic mass is 10.1. The number of anilines is 2. The Morgan fingerprint density at radius 2 is 1.83 bits per heavy atom. The summed E-state index contributed by atoms with van der Waals surface area (Å²) in [5, 5.41) is 6.96. The highest BCUT2D eigenvalue weighted by atomic mass is 16.2. The highest BCUT2D eigenvalue weighted by Crippen LogP contribution is 2.29. The first-order chi connectivity index (χ1) is 13.9. The number of amides is 3. The van der Waals surface area contributed by atoms with E-state index in [9.17, 15) is 14.4 Å². The second-order valence-electron chi connectivity index (χ2n) is 6.77. The molecule has 0 saturated carbocycles. The number of benzene rings is 2. The van der Waals surface area contributed by atoms with Crippen molar-refractivity contribution in [3.63, 3.8) is 0 Å². The molecule has 3 aromatic rings. The number of rotatable bonds is 4. The van der Waals surface area contributed by atoms with Gasteiger partial charge in [0.05, 0.1) is 5.69 Å². The molecule has 0 fully saturated rings. The SMILES string of the molecule is CC(=O)N1CCc2cc(C(=O)Nc3ccc(-n4ccc(C(N)=O)n4)cc3)ccc21. The molecule has 3 amide bonds. The molecule has 146 valence electrons. The van der Waals surface area contributed by atoms with Gasteiger partial charge < -0.3 is 16.0 Å². The molecule has 8 nitrogen and oxygen atoms in total. The fourth-order valence-electron chi connectivity index (χ4n) is 3.37. The van der Waals surface area contributed by atoms with Crippen LogP contribution in [0.5, 0.6) is 0 Å². The van der Waals surface area contributed by atoms with Crippen molar-refractivity contribution in [3.05, 3.63) is 71.5 Å². The zero-order chi connectivity index (χ0) is 20.5. The van der Waals surface area contributed by atoms with E-state index in [1.54, 1.807) is 47.5 Å². The summed E-state index contributed by atoms with van der Waals surface area (Å²) in [5.41, 5.74) is 9.16. The van der Waals surface area contributed by atoms with Crippen LogP contribution in [-0.4, -0.2) is 34.0 Å². The molecule has 1 aliphatic heterocycles. The van der Waals surface area contributed by atoms with E-state index in [4.69, 9.17) is 5.73 Å². The maximum Gasteiger partial charge on any atom is 0.269 e. The first-order valence-corrected chi connectivity index (χ1v) is 9.10. The largest absolute Gasteiger partial charge is 0.364 e. The number of nitrogens with one attached hydrogen (secondary N) is 1. The average Bonchev–Trinajstić information content (AvgIpc) is 3.35. The molecule has 0 atom stereocenters. The first-order valence-electron chi connectivity index (χ1n) is 9.10. The van der Waals surface area contributed by atoms with Crippen LogP contribution in [-0.2, 0) is 11.2 Å². The Kier molecular flexibility index (Phi) is 4.59. The van der Waals surface area contributed by atoms with Crippen LogP contribution in [0.2, 0.25) is 0 Å². The third-order valence-electron chi connectivity index (χ3n) is 4.85. The maximum absolute atomic E-state index is 12.6. The normalized spacial score (nSPS) is 12.5. The van der Waals surface area contributed by atoms with Gasteiger partial charge in [0.2, 0.25) is 5.91 Å². The molecule has 2 aromatic carbocycles. The average molecular weight is 389 g/mol. The van der Waals surface area contributed by atoms with Gasteiger partial charge >= 0.3 is 0 Å². The van der Waals surface area contributed by atoms with Crippen molar-refractivity contribution < 1.29 is 14.4 Å². The molecule has 0 bridgehead atoms. The van der Waals surface area contributed by atoms with E-state index in [1.807, 2.05) is 12.1 Å². The number of carbonyl (C=O) groups excluding carboxylic acids is 3. The maximum atomic E-state index is 12.6. The molecule has 0 saturated heterocycles. The lowest BCUT2D eigenvalue weighted by molar-refractivity contribution is -0.116. The quantitative estimate of drug-likeness (QED) is 0.712. The van der Waals surface area contributed by atoms with E-state index in [0.29, 0.717) is 17.8 Å². The monoisotopic (exact) mass is 389 g/mol. The second kappa shape index (κ2) is 7.23. The minimum atomic E-state index is -0.589. The minimum absolute atomic E-state index is 0.00109. The molecule has 4 rings (SSSR count). The number of hydrogen-bond donors (Lipinski definition) is 2. The van der Waals surface area contributed by atoms with Crippen LogP contribution in [0, 0.1) is 0 Å². The predicted molar refractivity (Wildman–Crippen MR) is 108 cm³/mol. The Balaban J connectivity index is 1.47. The van der Waals surface area contributed by atoms with E-state index in [0.717, 1.165) is 23.4 Å². The predicted octanol–water partition coefficient (Wildman–Crippen LogP) is 2.13. The van der Waals surface area contributed by atoms with E-state index in [2.05, 4.69) is 10.4 Å². The zero-order valence-corrected chi connectivity index (χ0v) is 15.8. The summed E-state index contributed by atoms with van der Waals surface area (Å²) in [5.74, 6) is -0.813. The number of primary amides is 1. The topological polar surface area (TPSA) is 110 Å². The third-order valence-corrected chi connectivity index (χ3v) is 4.85. The Hall–Kier alpha value is -3.94. The fraction of sp³-hybridized carbons (Fsp3) is 0.143. The van der Waals surface area contributed by atoms with Crippen molar-refractivity contribution in [2.45, 2.75) is 13.3 Å². The third kappa shape index (κ3) is 3.60. The van der Waals surface area contributed by atoms with Crippen molar-refractivity contribution in [2.75, 3.05) is 16.8 Å². The minimum Gasteiger partial charge on any atom is -0.364 e. The molecule has 1 aliphatic rings. The molecule has 0 aliphatic carbocycles. The van der Waals surface area contributed by atoms with Crippen molar-refractivity contribution in [1.29, 1.82) is 0 Å². The highest BCUT2D eigenvalue weighted by Gasteiger charge is 2.23. The van der Waals surface area contributed by atoms with E-state index in [-0.39, 0.29) is 17.5 Å². The summed E-state index contributed by atoms with van der Waals surface area (Å²) in [6, 6.07) is 14.0. The fourth-order valence-corrected chi connectivity index (χ4v) is 3.37. The number of fused-ring (bicyclic) bond motifs is 1. The van der Waals surface area contributed by atoms with Gasteiger partial charge in [-0.1, -0.05) is 0 Å². The summed E-state index contributed by atoms with van der Waals surface area (Å²) >= 11 is 0. The van der Waals surface area contributed by atoms with Crippen LogP contribution in [0.15, 0.2) is 54.7 Å². The van der Waals surface area contributed by atoms with Crippen molar-refractivity contribution in [3.8, 4) is 5.69 Å². The molecule has 0 spiro atoms. The number of carbonyl (C=O) groups is 3. The lowest BCUT2D eigenvalue weighted by Crippen LogP contribution is -2.25. The Morgan fingerprint density at radius 1 is 1.07 bits per heavy atom. The van der Waals surface area contributed by atoms with Gasteiger partial charge in [-0.05, 0) is 60.5 Å². The van der Waals surface area contributed by atoms with Crippen molar-refractivity contribution in [1.82, 2.24) is 9.78 Å². The standard InChI is InChI=1S/C21H19N5O3/c1-13(27)25-10-8-14-12-15(2-7-19(14)25)21(29)23-16-3-5-17(6-4-16)26-11-9-18(24-26)20(22)28/h2-7,9,11-12H,8,10H2,1H3,(H2,22,28)(H,23,29). The van der Waals surface area contributed by atoms with Gasteiger partial charge in [0.15, 0.2) is 0 Å². The van der Waals surface area contributed by atoms with Gasteiger partial charge in [-0.25, -0.2) is 4.68 Å². The van der Waals surface area contributed by atoms with Crippen LogP contribution < -0.4 is 16.0 Å². The van der Waals surface area contributed by atoms with Gasteiger partial charge in [-0.15, -0.1) is 0 Å². The molecule has 8 heteroatoms. The Labute approximate surface area is 166 Å². The molecule has 2 heterocycles. The molecular formula is C21H19N5O3. The van der Waals surface area contributed by atoms with Crippen LogP contribution in [0.3, 0.4) is 0 Å². The van der Waals surface area contributed by atoms with Gasteiger partial charge in [0.25, 0.3) is 11.8 Å². The zero-order valence-electron chi connectivity index (χ0n) is 15.8. The summed E-state index contributed by atoms with van der Waals surface area (Å²) < 4.78 is 1.53. The summed E-state index contributed by atoms with van der Waals surface area (Å²) in [6.07, 6.45) is 2.38. The lowest BCUT2D eigenvalue weighted by Gasteiger charge is -2.14. The summed E-state index contributed by atoms with van der Waals surface area (Å²) in [6.45, 7) is 2.18. The van der Waals surface area contributed by atoms with Crippen LogP contribution in [0.1, 0.15) is 33.3 Å². The smallest absolute Gasteiger partial charge is 0.269 e. The molecule has 0 unspecified atom stereocenters. The van der Waals surface area contributed by atoms with Gasteiger partial charge in [0, 0.05) is 36.6 Å². The van der Waals surface area contributed by atoms with E-state index in [1.165, 1.54) is 11.6 Å². The second-order valence-corrected chi connectivity index (χ2v) is 6.77. The van der Waals surface area contributed by atoms with Crippen LogP contribution in [0.4, 0.5) is 11.4 Å². The molecular weight excluding hydrogens is 370 g/mol. The number of aromatic nitrogens is 2. The van der Waals surface area contributed by atoms with Gasteiger partial charge in [-0.3, -0.25) is 14.4 Å². The van der Waals surface area contributed by atoms with Crippen molar-refractivity contribution in [2.24, 2.45) is 5.73 Å². The van der Waals surface area contributed by atoms with Crippen molar-refractivity contribution >= 4 is 29.1 Å². The van der Waals surface area contributed by atoms with Gasteiger partial charge in [0.1, 0.15) is 5.69 Å². The Morgan fingerprint density at radius 3 is 2.48 bits per heavy atom. The van der Waals surface area contributed by atoms with E-state index >= 15 is 0 Å². The molecule has 3 N–H and O–H groups in total. The van der Waals surface area contributed by atoms with Gasteiger partial charge in [-0.2, -0.15) is 5.10 Å². The number of nitrogens with two attached hydrogens (primary N) is 1. The Bertz CT molecular complexity index is 1120. The number of nitrogens with zero attached hydrogens (tertiary/aromatic N) is 3. The molecule has 1 aromatic heterocycles. The van der Waals surface area contributed by atoms with Crippen LogP contribution >= 0.6 is 0 Å². The van der Waals surface area contributed by atoms with Crippen LogP contribution in [0.25, 0.3) is 5.69 Å². The first kappa shape index (κ1) is 18.4. The highest BCUT2D eigenvalue weighted by molar-refractivity contribution is 6.05. The van der Waals surface area contributed by atoms with E-state index < -0.39 is 5.91 Å². The molecule has 29 heavy (non-hydrogen) atoms. The number of hydrogen-bond acceptors (Lipinski definition) is 4. The molecule has 0 radical (unpaired) electrons.